The van der Waals surface area contributed by atoms with Crippen molar-refractivity contribution >= 4 is 23.2 Å². The van der Waals surface area contributed by atoms with Crippen LogP contribution in [0.4, 0.5) is 0 Å². The highest BCUT2D eigenvalue weighted by Gasteiger charge is 2.33. The molecule has 0 radical (unpaired) electrons. The van der Waals surface area contributed by atoms with Gasteiger partial charge >= 0.3 is 0 Å². The highest BCUT2D eigenvalue weighted by atomic mass is 32.1. The molecular weight excluding hydrogens is 448 g/mol. The number of nitrogens with zero attached hydrogens (tertiary/aromatic N) is 2. The van der Waals surface area contributed by atoms with Crippen LogP contribution in [0.3, 0.4) is 0 Å². The summed E-state index contributed by atoms with van der Waals surface area (Å²) in [5, 5.41) is 2.07. The van der Waals surface area contributed by atoms with Crippen LogP contribution in [-0.4, -0.2) is 61.6 Å². The zero-order valence-electron chi connectivity index (χ0n) is 19.6. The molecule has 178 valence electrons. The van der Waals surface area contributed by atoms with Gasteiger partial charge in [0.05, 0.1) is 12.6 Å². The van der Waals surface area contributed by atoms with Crippen molar-refractivity contribution in [3.8, 4) is 5.75 Å². The number of methoxy groups -OCH3 is 1. The summed E-state index contributed by atoms with van der Waals surface area (Å²) in [4.78, 5) is 31.5. The van der Waals surface area contributed by atoms with Crippen molar-refractivity contribution < 1.29 is 19.1 Å². The Hall–Kier alpha value is -3.16. The third-order valence-corrected chi connectivity index (χ3v) is 7.01. The number of carbonyl (C=O) groups excluding carboxylic acids is 2. The summed E-state index contributed by atoms with van der Waals surface area (Å²) in [5.74, 6) is 0.517. The third-order valence-electron chi connectivity index (χ3n) is 6.01. The molecule has 2 aromatic carbocycles. The molecule has 1 atom stereocenters. The molecule has 0 unspecified atom stereocenters. The zero-order valence-corrected chi connectivity index (χ0v) is 20.4. The van der Waals surface area contributed by atoms with Crippen LogP contribution in [-0.2, 0) is 16.0 Å². The third kappa shape index (κ3) is 5.66. The van der Waals surface area contributed by atoms with E-state index in [1.807, 2.05) is 60.4 Å². The first kappa shape index (κ1) is 24.0. The molecule has 0 bridgehead atoms. The van der Waals surface area contributed by atoms with Crippen LogP contribution in [0, 0.1) is 6.92 Å². The molecule has 2 amide bonds. The molecule has 1 aliphatic heterocycles. The minimum atomic E-state index is -0.193. The van der Waals surface area contributed by atoms with Crippen molar-refractivity contribution in [2.45, 2.75) is 19.4 Å². The maximum Gasteiger partial charge on any atom is 0.254 e. The molecule has 0 aliphatic carbocycles. The fraction of sp³-hybridized carbons (Fsp3) is 0.333. The molecule has 0 N–H and O–H groups in total. The average molecular weight is 479 g/mol. The van der Waals surface area contributed by atoms with Crippen molar-refractivity contribution in [1.82, 2.24) is 9.80 Å². The van der Waals surface area contributed by atoms with Crippen molar-refractivity contribution in [1.29, 1.82) is 0 Å². The second kappa shape index (κ2) is 11.3. The minimum absolute atomic E-state index is 0.00254. The smallest absolute Gasteiger partial charge is 0.254 e. The topological polar surface area (TPSA) is 59.1 Å². The predicted octanol–water partition coefficient (Wildman–Crippen LogP) is 4.35. The number of hydrogen-bond donors (Lipinski definition) is 0. The van der Waals surface area contributed by atoms with Crippen LogP contribution in [0.2, 0.25) is 0 Å². The van der Waals surface area contributed by atoms with E-state index in [0.29, 0.717) is 31.9 Å². The summed E-state index contributed by atoms with van der Waals surface area (Å²) in [5.41, 5.74) is 2.71. The number of aryl methyl sites for hydroxylation is 1. The normalized spacial score (nSPS) is 15.0. The number of thiophene rings is 1. The molecule has 4 rings (SSSR count). The van der Waals surface area contributed by atoms with Crippen molar-refractivity contribution in [3.63, 3.8) is 0 Å². The van der Waals surface area contributed by atoms with E-state index in [-0.39, 0.29) is 24.4 Å². The molecule has 2 heterocycles. The van der Waals surface area contributed by atoms with E-state index in [0.717, 1.165) is 23.3 Å². The predicted molar refractivity (Wildman–Crippen MR) is 133 cm³/mol. The number of rotatable bonds is 9. The Morgan fingerprint density at radius 2 is 1.94 bits per heavy atom. The lowest BCUT2D eigenvalue weighted by Gasteiger charge is -2.37. The summed E-state index contributed by atoms with van der Waals surface area (Å²) >= 11 is 1.72. The van der Waals surface area contributed by atoms with E-state index in [1.54, 1.807) is 29.4 Å². The summed E-state index contributed by atoms with van der Waals surface area (Å²) in [6.07, 6.45) is 0.810. The van der Waals surface area contributed by atoms with E-state index in [2.05, 4.69) is 11.4 Å². The maximum absolute atomic E-state index is 13.6. The standard InChI is InChI=1S/C27H30N2O4S/c1-20-7-6-8-21(17-20)27(31)28(14-15-32-2)18-26(30)29-13-11-25-23(12-16-34-25)24(29)19-33-22-9-4-3-5-10-22/h3-10,12,16-17,24H,11,13-15,18-19H2,1-2H3/t24-/m0/s1. The van der Waals surface area contributed by atoms with E-state index in [4.69, 9.17) is 9.47 Å². The first-order chi connectivity index (χ1) is 16.6. The van der Waals surface area contributed by atoms with Crippen LogP contribution in [0.1, 0.15) is 32.4 Å². The minimum Gasteiger partial charge on any atom is -0.491 e. The number of amides is 2. The number of benzene rings is 2. The van der Waals surface area contributed by atoms with Crippen molar-refractivity contribution in [2.24, 2.45) is 0 Å². The first-order valence-corrected chi connectivity index (χ1v) is 12.3. The van der Waals surface area contributed by atoms with Gasteiger partial charge in [-0.1, -0.05) is 35.9 Å². The monoisotopic (exact) mass is 478 g/mol. The Bertz CT molecular complexity index is 1110. The summed E-state index contributed by atoms with van der Waals surface area (Å²) in [6.45, 7) is 3.62. The van der Waals surface area contributed by atoms with Crippen molar-refractivity contribution in [2.75, 3.05) is 40.0 Å². The number of para-hydroxylation sites is 1. The Morgan fingerprint density at radius 3 is 2.71 bits per heavy atom. The van der Waals surface area contributed by atoms with E-state index in [1.165, 1.54) is 4.88 Å². The molecule has 34 heavy (non-hydrogen) atoms. The van der Waals surface area contributed by atoms with Gasteiger partial charge in [0.25, 0.3) is 5.91 Å². The van der Waals surface area contributed by atoms with Gasteiger partial charge in [0, 0.05) is 30.6 Å². The SMILES string of the molecule is COCCN(CC(=O)N1CCc2sccc2[C@@H]1COc1ccccc1)C(=O)c1cccc(C)c1. The largest absolute Gasteiger partial charge is 0.491 e. The highest BCUT2D eigenvalue weighted by molar-refractivity contribution is 7.10. The van der Waals surface area contributed by atoms with Gasteiger partial charge in [-0.25, -0.2) is 0 Å². The van der Waals surface area contributed by atoms with E-state index in [9.17, 15) is 9.59 Å². The zero-order chi connectivity index (χ0) is 23.9. The van der Waals surface area contributed by atoms with Crippen LogP contribution in [0.5, 0.6) is 5.75 Å². The number of carbonyl (C=O) groups is 2. The molecule has 7 heteroatoms. The molecule has 0 fully saturated rings. The van der Waals surface area contributed by atoms with E-state index >= 15 is 0 Å². The molecule has 1 aromatic heterocycles. The van der Waals surface area contributed by atoms with Gasteiger partial charge in [0.2, 0.25) is 5.91 Å². The van der Waals surface area contributed by atoms with E-state index < -0.39 is 0 Å². The lowest BCUT2D eigenvalue weighted by molar-refractivity contribution is -0.135. The molecule has 0 saturated heterocycles. The van der Waals surface area contributed by atoms with Gasteiger partial charge in [-0.05, 0) is 54.6 Å². The molecule has 0 saturated carbocycles. The number of hydrogen-bond acceptors (Lipinski definition) is 5. The molecular formula is C27H30N2O4S. The Labute approximate surface area is 204 Å². The molecule has 0 spiro atoms. The number of fused-ring (bicyclic) bond motifs is 1. The van der Waals surface area contributed by atoms with Gasteiger partial charge in [0.1, 0.15) is 18.9 Å². The molecule has 6 nitrogen and oxygen atoms in total. The summed E-state index contributed by atoms with van der Waals surface area (Å²) < 4.78 is 11.3. The lowest BCUT2D eigenvalue weighted by Crippen LogP contribution is -2.48. The van der Waals surface area contributed by atoms with Crippen molar-refractivity contribution in [3.05, 3.63) is 87.6 Å². The van der Waals surface area contributed by atoms with Gasteiger partial charge in [0.15, 0.2) is 0 Å². The van der Waals surface area contributed by atoms with Crippen LogP contribution in [0.25, 0.3) is 0 Å². The Morgan fingerprint density at radius 1 is 1.12 bits per heavy atom. The quantitative estimate of drug-likeness (QED) is 0.459. The lowest BCUT2D eigenvalue weighted by atomic mass is 10.0. The van der Waals surface area contributed by atoms with Crippen LogP contribution < -0.4 is 4.74 Å². The van der Waals surface area contributed by atoms with Gasteiger partial charge in [-0.2, -0.15) is 0 Å². The first-order valence-electron chi connectivity index (χ1n) is 11.4. The Balaban J connectivity index is 1.52. The average Bonchev–Trinajstić information content (AvgIpc) is 3.34. The van der Waals surface area contributed by atoms with Gasteiger partial charge in [-0.15, -0.1) is 11.3 Å². The molecule has 3 aromatic rings. The fourth-order valence-electron chi connectivity index (χ4n) is 4.24. The Kier molecular flexibility index (Phi) is 7.98. The summed E-state index contributed by atoms with van der Waals surface area (Å²) in [6, 6.07) is 19.0. The highest BCUT2D eigenvalue weighted by Crippen LogP contribution is 2.34. The molecule has 1 aliphatic rings. The fourth-order valence-corrected chi connectivity index (χ4v) is 5.16. The second-order valence-electron chi connectivity index (χ2n) is 8.37. The van der Waals surface area contributed by atoms with Gasteiger partial charge < -0.3 is 19.3 Å². The second-order valence-corrected chi connectivity index (χ2v) is 9.37. The van der Waals surface area contributed by atoms with Crippen LogP contribution in [0.15, 0.2) is 66.0 Å². The van der Waals surface area contributed by atoms with Crippen LogP contribution >= 0.6 is 11.3 Å². The maximum atomic E-state index is 13.6. The summed E-state index contributed by atoms with van der Waals surface area (Å²) in [7, 11) is 1.59. The number of ether oxygens (including phenoxy) is 2. The van der Waals surface area contributed by atoms with Gasteiger partial charge in [-0.3, -0.25) is 9.59 Å².